The van der Waals surface area contributed by atoms with E-state index in [1.54, 1.807) is 0 Å². The van der Waals surface area contributed by atoms with Crippen LogP contribution in [-0.2, 0) is 13.0 Å². The van der Waals surface area contributed by atoms with Gasteiger partial charge in [0, 0.05) is 30.3 Å². The number of carbonyl (C=O) groups is 1. The Hall–Kier alpha value is -1.90. The van der Waals surface area contributed by atoms with Crippen LogP contribution in [0.1, 0.15) is 35.7 Å². The molecule has 1 aliphatic rings. The Morgan fingerprint density at radius 2 is 2.11 bits per heavy atom. The van der Waals surface area contributed by atoms with E-state index in [1.165, 1.54) is 11.1 Å². The summed E-state index contributed by atoms with van der Waals surface area (Å²) < 4.78 is 1.96. The Morgan fingerprint density at radius 1 is 1.28 bits per heavy atom. The predicted octanol–water partition coefficient (Wildman–Crippen LogP) is 3.09. The molecule has 0 spiro atoms. The Bertz CT molecular complexity index is 598. The van der Waals surface area contributed by atoms with Gasteiger partial charge in [0.15, 0.2) is 5.78 Å². The normalized spacial score (nSPS) is 13.9. The van der Waals surface area contributed by atoms with Crippen molar-refractivity contribution in [1.29, 1.82) is 0 Å². The van der Waals surface area contributed by atoms with E-state index in [2.05, 4.69) is 24.3 Å². The Balaban J connectivity index is 2.04. The van der Waals surface area contributed by atoms with E-state index in [-0.39, 0.29) is 5.78 Å². The molecule has 1 aromatic heterocycles. The third-order valence-corrected chi connectivity index (χ3v) is 3.48. The van der Waals surface area contributed by atoms with E-state index in [9.17, 15) is 4.79 Å². The van der Waals surface area contributed by atoms with Crippen molar-refractivity contribution in [3.63, 3.8) is 0 Å². The van der Waals surface area contributed by atoms with Crippen LogP contribution in [0.4, 0.5) is 0 Å². The second-order valence-electron chi connectivity index (χ2n) is 4.75. The van der Waals surface area contributed by atoms with Crippen molar-refractivity contribution >= 4 is 5.78 Å². The first-order valence-electron chi connectivity index (χ1n) is 6.47. The molecule has 0 atom stereocenters. The van der Waals surface area contributed by atoms with Crippen molar-refractivity contribution in [1.82, 2.24) is 9.78 Å². The summed E-state index contributed by atoms with van der Waals surface area (Å²) in [5, 5.41) is 4.36. The van der Waals surface area contributed by atoms with Crippen molar-refractivity contribution in [3.05, 3.63) is 41.7 Å². The molecule has 0 saturated carbocycles. The topological polar surface area (TPSA) is 34.9 Å². The molecule has 1 heterocycles. The molecule has 0 saturated heterocycles. The van der Waals surface area contributed by atoms with Gasteiger partial charge < -0.3 is 0 Å². The summed E-state index contributed by atoms with van der Waals surface area (Å²) in [5.74, 6) is 0.271. The Labute approximate surface area is 106 Å². The average Bonchev–Trinajstić information content (AvgIpc) is 2.98. The number of hydrogen-bond acceptors (Lipinski definition) is 2. The van der Waals surface area contributed by atoms with E-state index in [0.717, 1.165) is 30.5 Å². The number of ketones is 1. The van der Waals surface area contributed by atoms with E-state index in [1.807, 2.05) is 23.0 Å². The third-order valence-electron chi connectivity index (χ3n) is 3.48. The van der Waals surface area contributed by atoms with Crippen LogP contribution in [0.15, 0.2) is 30.6 Å². The highest BCUT2D eigenvalue weighted by molar-refractivity contribution is 6.02. The monoisotopic (exact) mass is 240 g/mol. The minimum absolute atomic E-state index is 0.271. The van der Waals surface area contributed by atoms with Gasteiger partial charge in [-0.2, -0.15) is 5.10 Å². The van der Waals surface area contributed by atoms with Crippen molar-refractivity contribution in [2.75, 3.05) is 0 Å². The maximum absolute atomic E-state index is 11.7. The number of hydrogen-bond donors (Lipinski definition) is 0. The maximum Gasteiger partial charge on any atom is 0.163 e. The van der Waals surface area contributed by atoms with E-state index >= 15 is 0 Å². The predicted molar refractivity (Wildman–Crippen MR) is 70.6 cm³/mol. The SMILES string of the molecule is CCCn1cc(-c2cccc3c2CCC3=O)cn1. The summed E-state index contributed by atoms with van der Waals surface area (Å²) in [6.07, 6.45) is 6.56. The van der Waals surface area contributed by atoms with E-state index < -0.39 is 0 Å². The molecule has 0 fully saturated rings. The van der Waals surface area contributed by atoms with Gasteiger partial charge in [0.05, 0.1) is 6.20 Å². The Morgan fingerprint density at radius 3 is 2.94 bits per heavy atom. The molecular formula is C15H16N2O. The molecule has 0 aliphatic heterocycles. The molecule has 0 unspecified atom stereocenters. The van der Waals surface area contributed by atoms with E-state index in [0.29, 0.717) is 6.42 Å². The van der Waals surface area contributed by atoms with Crippen LogP contribution in [0.3, 0.4) is 0 Å². The zero-order chi connectivity index (χ0) is 12.5. The second kappa shape index (κ2) is 4.41. The van der Waals surface area contributed by atoms with Gasteiger partial charge in [-0.25, -0.2) is 0 Å². The molecule has 0 N–H and O–H groups in total. The molecule has 3 rings (SSSR count). The number of aryl methyl sites for hydroxylation is 1. The molecule has 18 heavy (non-hydrogen) atoms. The van der Waals surface area contributed by atoms with Crippen LogP contribution in [0, 0.1) is 0 Å². The molecule has 3 heteroatoms. The highest BCUT2D eigenvalue weighted by Crippen LogP contribution is 2.32. The van der Waals surface area contributed by atoms with Gasteiger partial charge in [-0.15, -0.1) is 0 Å². The van der Waals surface area contributed by atoms with Gasteiger partial charge in [-0.3, -0.25) is 9.48 Å². The summed E-state index contributed by atoms with van der Waals surface area (Å²) in [7, 11) is 0. The highest BCUT2D eigenvalue weighted by atomic mass is 16.1. The average molecular weight is 240 g/mol. The first kappa shape index (κ1) is 11.2. The molecule has 2 aromatic rings. The first-order valence-corrected chi connectivity index (χ1v) is 6.47. The van der Waals surface area contributed by atoms with Gasteiger partial charge in [0.25, 0.3) is 0 Å². The lowest BCUT2D eigenvalue weighted by molar-refractivity contribution is 0.0994. The van der Waals surface area contributed by atoms with Crippen LogP contribution in [0.2, 0.25) is 0 Å². The number of aromatic nitrogens is 2. The summed E-state index contributed by atoms with van der Waals surface area (Å²) in [6.45, 7) is 3.08. The molecule has 0 radical (unpaired) electrons. The van der Waals surface area contributed by atoms with Crippen molar-refractivity contribution in [3.8, 4) is 11.1 Å². The molecule has 0 amide bonds. The number of Topliss-reactive ketones (excluding diaryl/α,β-unsaturated/α-hetero) is 1. The fourth-order valence-corrected chi connectivity index (χ4v) is 2.62. The minimum Gasteiger partial charge on any atom is -0.294 e. The fraction of sp³-hybridized carbons (Fsp3) is 0.333. The third kappa shape index (κ3) is 1.76. The number of carbonyl (C=O) groups excluding carboxylic acids is 1. The van der Waals surface area contributed by atoms with Crippen LogP contribution >= 0.6 is 0 Å². The molecule has 3 nitrogen and oxygen atoms in total. The first-order chi connectivity index (χ1) is 8.79. The van der Waals surface area contributed by atoms with Crippen molar-refractivity contribution < 1.29 is 4.79 Å². The van der Waals surface area contributed by atoms with Crippen molar-refractivity contribution in [2.45, 2.75) is 32.7 Å². The summed E-state index contributed by atoms with van der Waals surface area (Å²) >= 11 is 0. The highest BCUT2D eigenvalue weighted by Gasteiger charge is 2.22. The van der Waals surface area contributed by atoms with Gasteiger partial charge in [-0.05, 0) is 24.0 Å². The van der Waals surface area contributed by atoms with E-state index in [4.69, 9.17) is 0 Å². The Kier molecular flexibility index (Phi) is 2.74. The van der Waals surface area contributed by atoms with Crippen molar-refractivity contribution in [2.24, 2.45) is 0 Å². The smallest absolute Gasteiger partial charge is 0.163 e. The lowest BCUT2D eigenvalue weighted by atomic mass is 9.99. The molecular weight excluding hydrogens is 224 g/mol. The van der Waals surface area contributed by atoms with Crippen LogP contribution in [-0.4, -0.2) is 15.6 Å². The minimum atomic E-state index is 0.271. The zero-order valence-corrected chi connectivity index (χ0v) is 10.5. The summed E-state index contributed by atoms with van der Waals surface area (Å²) in [4.78, 5) is 11.7. The van der Waals surface area contributed by atoms with Gasteiger partial charge in [0.1, 0.15) is 0 Å². The number of benzene rings is 1. The fourth-order valence-electron chi connectivity index (χ4n) is 2.62. The molecule has 92 valence electrons. The number of nitrogens with zero attached hydrogens (tertiary/aromatic N) is 2. The summed E-state index contributed by atoms with van der Waals surface area (Å²) in [5.41, 5.74) is 4.38. The van der Waals surface area contributed by atoms with Crippen LogP contribution < -0.4 is 0 Å². The molecule has 1 aliphatic carbocycles. The number of fused-ring (bicyclic) bond motifs is 1. The molecule has 0 bridgehead atoms. The maximum atomic E-state index is 11.7. The van der Waals surface area contributed by atoms with Gasteiger partial charge in [-0.1, -0.05) is 25.1 Å². The largest absolute Gasteiger partial charge is 0.294 e. The van der Waals surface area contributed by atoms with Crippen LogP contribution in [0.25, 0.3) is 11.1 Å². The van der Waals surface area contributed by atoms with Gasteiger partial charge >= 0.3 is 0 Å². The summed E-state index contributed by atoms with van der Waals surface area (Å²) in [6, 6.07) is 5.99. The quantitative estimate of drug-likeness (QED) is 0.826. The molecule has 1 aromatic carbocycles. The zero-order valence-electron chi connectivity index (χ0n) is 10.5. The van der Waals surface area contributed by atoms with Gasteiger partial charge in [0.2, 0.25) is 0 Å². The number of rotatable bonds is 3. The van der Waals surface area contributed by atoms with Crippen LogP contribution in [0.5, 0.6) is 0 Å². The lowest BCUT2D eigenvalue weighted by Crippen LogP contribution is -1.95. The standard InChI is InChI=1S/C15H16N2O/c1-2-8-17-10-11(9-16-17)12-4-3-5-14-13(12)6-7-15(14)18/h3-5,9-10H,2,6-8H2,1H3. The second-order valence-corrected chi connectivity index (χ2v) is 4.75. The lowest BCUT2D eigenvalue weighted by Gasteiger charge is -2.04.